The third kappa shape index (κ3) is 2.71. The molecular formula is C11H6ClFN2O4. The summed E-state index contributed by atoms with van der Waals surface area (Å²) in [6.07, 6.45) is 0. The molecule has 2 rings (SSSR count). The number of rotatable bonds is 3. The maximum absolute atomic E-state index is 13.4. The molecule has 0 atom stereocenters. The highest BCUT2D eigenvalue weighted by atomic mass is 35.5. The second-order valence-corrected chi connectivity index (χ2v) is 3.84. The number of aromatic carboxylic acids is 1. The van der Waals surface area contributed by atoms with Crippen molar-refractivity contribution < 1.29 is 23.6 Å². The highest BCUT2D eigenvalue weighted by Gasteiger charge is 2.18. The lowest BCUT2D eigenvalue weighted by molar-refractivity contribution is 0.0651. The van der Waals surface area contributed by atoms with Gasteiger partial charge in [-0.05, 0) is 12.1 Å². The lowest BCUT2D eigenvalue weighted by Crippen LogP contribution is -2.13. The van der Waals surface area contributed by atoms with Crippen molar-refractivity contribution in [2.75, 3.05) is 5.32 Å². The van der Waals surface area contributed by atoms with Crippen LogP contribution in [-0.2, 0) is 0 Å². The average Bonchev–Trinajstić information content (AvgIpc) is 2.83. The minimum atomic E-state index is -1.37. The molecule has 0 fully saturated rings. The molecule has 0 unspecified atom stereocenters. The summed E-state index contributed by atoms with van der Waals surface area (Å²) < 4.78 is 17.8. The van der Waals surface area contributed by atoms with Crippen molar-refractivity contribution in [3.63, 3.8) is 0 Å². The number of carboxylic acid groups (broad SMARTS) is 1. The van der Waals surface area contributed by atoms with Gasteiger partial charge >= 0.3 is 5.97 Å². The largest absolute Gasteiger partial charge is 0.475 e. The second-order valence-electron chi connectivity index (χ2n) is 3.43. The van der Waals surface area contributed by atoms with Crippen molar-refractivity contribution in [2.24, 2.45) is 0 Å². The first-order chi connectivity index (χ1) is 8.99. The topological polar surface area (TPSA) is 92.4 Å². The van der Waals surface area contributed by atoms with Crippen molar-refractivity contribution in [1.29, 1.82) is 0 Å². The van der Waals surface area contributed by atoms with Gasteiger partial charge in [0.1, 0.15) is 5.82 Å². The number of hydrogen-bond acceptors (Lipinski definition) is 4. The molecule has 98 valence electrons. The molecule has 1 heterocycles. The SMILES string of the molecule is O=C(Nc1c(F)cccc1Cl)c1cc(C(=O)O)on1. The van der Waals surface area contributed by atoms with Crippen LogP contribution in [0.5, 0.6) is 0 Å². The van der Waals surface area contributed by atoms with Crippen molar-refractivity contribution in [3.05, 3.63) is 46.6 Å². The fourth-order valence-electron chi connectivity index (χ4n) is 1.28. The number of nitrogens with zero attached hydrogens (tertiary/aromatic N) is 1. The van der Waals surface area contributed by atoms with Crippen LogP contribution in [0.15, 0.2) is 28.8 Å². The predicted molar refractivity (Wildman–Crippen MR) is 62.8 cm³/mol. The lowest BCUT2D eigenvalue weighted by Gasteiger charge is -2.05. The summed E-state index contributed by atoms with van der Waals surface area (Å²) in [7, 11) is 0. The van der Waals surface area contributed by atoms with Crippen LogP contribution in [0, 0.1) is 5.82 Å². The van der Waals surface area contributed by atoms with Crippen LogP contribution in [0.1, 0.15) is 21.0 Å². The van der Waals surface area contributed by atoms with Crippen molar-refractivity contribution in [1.82, 2.24) is 5.16 Å². The number of nitrogens with one attached hydrogen (secondary N) is 1. The number of aromatic nitrogens is 1. The zero-order valence-corrected chi connectivity index (χ0v) is 9.94. The molecule has 0 aliphatic rings. The zero-order chi connectivity index (χ0) is 14.0. The fourth-order valence-corrected chi connectivity index (χ4v) is 1.49. The van der Waals surface area contributed by atoms with Gasteiger partial charge in [0.05, 0.1) is 10.7 Å². The number of benzene rings is 1. The Labute approximate surface area is 110 Å². The van der Waals surface area contributed by atoms with Crippen LogP contribution in [0.3, 0.4) is 0 Å². The minimum absolute atomic E-state index is 0.00954. The third-order valence-corrected chi connectivity index (χ3v) is 2.47. The number of carbonyl (C=O) groups excluding carboxylic acids is 1. The van der Waals surface area contributed by atoms with E-state index in [-0.39, 0.29) is 16.4 Å². The Morgan fingerprint density at radius 3 is 2.74 bits per heavy atom. The number of anilines is 1. The molecule has 19 heavy (non-hydrogen) atoms. The number of para-hydroxylation sites is 1. The summed E-state index contributed by atoms with van der Waals surface area (Å²) >= 11 is 5.72. The molecule has 0 bridgehead atoms. The number of amides is 1. The van der Waals surface area contributed by atoms with E-state index in [2.05, 4.69) is 15.0 Å². The highest BCUT2D eigenvalue weighted by Crippen LogP contribution is 2.25. The van der Waals surface area contributed by atoms with Crippen LogP contribution >= 0.6 is 11.6 Å². The Kier molecular flexibility index (Phi) is 3.48. The van der Waals surface area contributed by atoms with Crippen LogP contribution < -0.4 is 5.32 Å². The molecule has 1 aromatic heterocycles. The predicted octanol–water partition coefficient (Wildman–Crippen LogP) is 2.42. The van der Waals surface area contributed by atoms with Gasteiger partial charge in [0, 0.05) is 6.07 Å². The zero-order valence-electron chi connectivity index (χ0n) is 9.18. The van der Waals surface area contributed by atoms with Crippen molar-refractivity contribution in [3.8, 4) is 0 Å². The normalized spacial score (nSPS) is 10.2. The summed E-state index contributed by atoms with van der Waals surface area (Å²) in [5.41, 5.74) is -0.509. The van der Waals surface area contributed by atoms with E-state index in [9.17, 15) is 14.0 Å². The van der Waals surface area contributed by atoms with E-state index in [4.69, 9.17) is 16.7 Å². The van der Waals surface area contributed by atoms with Gasteiger partial charge < -0.3 is 14.9 Å². The van der Waals surface area contributed by atoms with Gasteiger partial charge in [-0.2, -0.15) is 0 Å². The first kappa shape index (κ1) is 13.0. The molecule has 0 saturated carbocycles. The number of carboxylic acids is 1. The van der Waals surface area contributed by atoms with Crippen molar-refractivity contribution in [2.45, 2.75) is 0 Å². The van der Waals surface area contributed by atoms with E-state index in [0.717, 1.165) is 12.1 Å². The van der Waals surface area contributed by atoms with Crippen LogP contribution in [0.25, 0.3) is 0 Å². The lowest BCUT2D eigenvalue weighted by atomic mass is 10.3. The second kappa shape index (κ2) is 5.07. The van der Waals surface area contributed by atoms with E-state index in [0.29, 0.717) is 0 Å². The van der Waals surface area contributed by atoms with Gasteiger partial charge in [-0.15, -0.1) is 0 Å². The quantitative estimate of drug-likeness (QED) is 0.903. The molecule has 6 nitrogen and oxygen atoms in total. The number of halogens is 2. The average molecular weight is 285 g/mol. The number of carbonyl (C=O) groups is 2. The molecular weight excluding hydrogens is 279 g/mol. The van der Waals surface area contributed by atoms with Gasteiger partial charge in [-0.3, -0.25) is 4.79 Å². The maximum atomic E-state index is 13.4. The Morgan fingerprint density at radius 1 is 1.42 bits per heavy atom. The Balaban J connectivity index is 2.23. The van der Waals surface area contributed by atoms with E-state index >= 15 is 0 Å². The van der Waals surface area contributed by atoms with Gasteiger partial charge in [0.2, 0.25) is 5.76 Å². The third-order valence-electron chi connectivity index (χ3n) is 2.15. The maximum Gasteiger partial charge on any atom is 0.374 e. The minimum Gasteiger partial charge on any atom is -0.475 e. The molecule has 2 aromatic rings. The van der Waals surface area contributed by atoms with Crippen LogP contribution in [-0.4, -0.2) is 22.1 Å². The number of hydrogen-bond donors (Lipinski definition) is 2. The smallest absolute Gasteiger partial charge is 0.374 e. The molecule has 0 aliphatic carbocycles. The van der Waals surface area contributed by atoms with E-state index < -0.39 is 23.5 Å². The molecule has 2 N–H and O–H groups in total. The van der Waals surface area contributed by atoms with Gasteiger partial charge in [0.25, 0.3) is 5.91 Å². The molecule has 0 radical (unpaired) electrons. The van der Waals surface area contributed by atoms with E-state index in [1.807, 2.05) is 0 Å². The Bertz CT molecular complexity index is 636. The Morgan fingerprint density at radius 2 is 2.16 bits per heavy atom. The molecule has 0 spiro atoms. The van der Waals surface area contributed by atoms with E-state index in [1.165, 1.54) is 12.1 Å². The monoisotopic (exact) mass is 284 g/mol. The first-order valence-corrected chi connectivity index (χ1v) is 5.32. The molecule has 0 saturated heterocycles. The summed E-state index contributed by atoms with van der Waals surface area (Å²) in [6.45, 7) is 0. The van der Waals surface area contributed by atoms with Crippen molar-refractivity contribution >= 4 is 29.2 Å². The summed E-state index contributed by atoms with van der Waals surface area (Å²) in [4.78, 5) is 22.3. The molecule has 8 heteroatoms. The Hall–Kier alpha value is -2.41. The van der Waals surface area contributed by atoms with Crippen LogP contribution in [0.2, 0.25) is 5.02 Å². The standard InChI is InChI=1S/C11H6ClFN2O4/c12-5-2-1-3-6(13)9(5)14-10(16)7-4-8(11(17)18)19-15-7/h1-4H,(H,14,16)(H,17,18). The summed E-state index contributed by atoms with van der Waals surface area (Å²) in [6, 6.07) is 4.82. The molecule has 0 aliphatic heterocycles. The van der Waals surface area contributed by atoms with Gasteiger partial charge in [-0.25, -0.2) is 9.18 Å². The van der Waals surface area contributed by atoms with Crippen LogP contribution in [0.4, 0.5) is 10.1 Å². The van der Waals surface area contributed by atoms with Gasteiger partial charge in [-0.1, -0.05) is 22.8 Å². The summed E-state index contributed by atoms with van der Waals surface area (Å²) in [5, 5.41) is 14.1. The van der Waals surface area contributed by atoms with E-state index in [1.54, 1.807) is 0 Å². The first-order valence-electron chi connectivity index (χ1n) is 4.94. The molecule has 1 amide bonds. The fraction of sp³-hybridized carbons (Fsp3) is 0. The van der Waals surface area contributed by atoms with Gasteiger partial charge in [0.15, 0.2) is 5.69 Å². The molecule has 1 aromatic carbocycles. The summed E-state index contributed by atoms with van der Waals surface area (Å²) in [5.74, 6) is -3.41. The highest BCUT2D eigenvalue weighted by molar-refractivity contribution is 6.33.